The van der Waals surface area contributed by atoms with Crippen molar-refractivity contribution >= 4 is 23.1 Å². The molecule has 2 rings (SSSR count). The fourth-order valence-corrected chi connectivity index (χ4v) is 1.91. The van der Waals surface area contributed by atoms with E-state index in [0.29, 0.717) is 5.69 Å². The first kappa shape index (κ1) is 15.0. The molecule has 0 unspecified atom stereocenters. The van der Waals surface area contributed by atoms with E-state index in [9.17, 15) is 13.6 Å². The number of hydrogen-bond donors (Lipinski definition) is 1. The van der Waals surface area contributed by atoms with Crippen molar-refractivity contribution in [1.82, 2.24) is 4.98 Å². The summed E-state index contributed by atoms with van der Waals surface area (Å²) in [6, 6.07) is 6.13. The minimum absolute atomic E-state index is 0.0714. The first-order valence-electron chi connectivity index (χ1n) is 6.10. The van der Waals surface area contributed by atoms with Gasteiger partial charge in [-0.15, -0.1) is 0 Å². The molecule has 0 saturated heterocycles. The molecule has 0 aliphatic carbocycles. The number of hydrogen-bond acceptors (Lipinski definition) is 3. The number of benzene rings is 1. The molecule has 2 N–H and O–H groups in total. The van der Waals surface area contributed by atoms with E-state index >= 15 is 0 Å². The Balaban J connectivity index is 2.48. The molecule has 0 bridgehead atoms. The molecule has 0 fully saturated rings. The van der Waals surface area contributed by atoms with Gasteiger partial charge in [-0.3, -0.25) is 9.69 Å². The minimum atomic E-state index is -0.768. The number of amides is 1. The number of carbonyl (C=O) groups is 1. The Kier molecular flexibility index (Phi) is 4.56. The minimum Gasteiger partial charge on any atom is -0.274 e. The molecule has 0 saturated carbocycles. The van der Waals surface area contributed by atoms with Gasteiger partial charge in [-0.2, -0.15) is 5.48 Å². The number of carbonyl (C=O) groups excluding carboxylic acids is 1. The topological polar surface area (TPSA) is 59.0 Å². The van der Waals surface area contributed by atoms with E-state index in [-0.39, 0.29) is 11.5 Å². The molecular weight excluding hydrogens is 280 g/mol. The Bertz CT molecular complexity index is 644. The van der Waals surface area contributed by atoms with Gasteiger partial charge in [0, 0.05) is 31.3 Å². The van der Waals surface area contributed by atoms with Crippen LogP contribution in [0.25, 0.3) is 0 Å². The lowest BCUT2D eigenvalue weighted by Crippen LogP contribution is -2.75. The molecule has 0 spiro atoms. The van der Waals surface area contributed by atoms with Crippen LogP contribution in [-0.2, 0) is 9.63 Å². The highest BCUT2D eigenvalue weighted by Crippen LogP contribution is 2.26. The van der Waals surface area contributed by atoms with Crippen LogP contribution in [0.1, 0.15) is 6.92 Å². The molecule has 1 aromatic heterocycles. The molecule has 21 heavy (non-hydrogen) atoms. The fraction of sp³-hybridized carbons (Fsp3) is 0.143. The third-order valence-electron chi connectivity index (χ3n) is 2.67. The van der Waals surface area contributed by atoms with Crippen LogP contribution < -0.4 is 10.4 Å². The summed E-state index contributed by atoms with van der Waals surface area (Å²) in [6.45, 7) is 1.29. The van der Waals surface area contributed by atoms with E-state index in [0.717, 1.165) is 23.1 Å². The lowest BCUT2D eigenvalue weighted by Gasteiger charge is -2.20. The number of nitrogens with zero attached hydrogens (tertiary/aromatic N) is 2. The largest absolute Gasteiger partial charge is 0.274 e. The Morgan fingerprint density at radius 2 is 1.90 bits per heavy atom. The van der Waals surface area contributed by atoms with Crippen LogP contribution in [0.3, 0.4) is 0 Å². The third kappa shape index (κ3) is 3.59. The van der Waals surface area contributed by atoms with Gasteiger partial charge >= 0.3 is 0 Å². The average molecular weight is 294 g/mol. The highest BCUT2D eigenvalue weighted by Gasteiger charge is 2.18. The second-order valence-electron chi connectivity index (χ2n) is 4.28. The number of aromatic nitrogens is 1. The standard InChI is InChI=1S/C14H13F2N3O2/c1-9(20)19(13-6-10(15)5-11(16)7-13)14-8-12(18-21-2)3-4-17-14/h3-8H,1-2H3,(H,17,18)/p+1. The van der Waals surface area contributed by atoms with Gasteiger partial charge in [0.25, 0.3) is 0 Å². The number of nitrogens with two attached hydrogens (primary N) is 1. The van der Waals surface area contributed by atoms with Crippen LogP contribution in [0.2, 0.25) is 0 Å². The van der Waals surface area contributed by atoms with Crippen molar-refractivity contribution in [1.29, 1.82) is 0 Å². The lowest BCUT2D eigenvalue weighted by atomic mass is 10.2. The first-order chi connectivity index (χ1) is 10.0. The summed E-state index contributed by atoms with van der Waals surface area (Å²) in [6.07, 6.45) is 1.48. The van der Waals surface area contributed by atoms with Crippen molar-refractivity contribution < 1.29 is 23.9 Å². The van der Waals surface area contributed by atoms with Crippen molar-refractivity contribution in [3.05, 3.63) is 48.2 Å². The molecule has 7 heteroatoms. The summed E-state index contributed by atoms with van der Waals surface area (Å²) in [5.74, 6) is -1.70. The second-order valence-corrected chi connectivity index (χ2v) is 4.28. The molecule has 110 valence electrons. The summed E-state index contributed by atoms with van der Waals surface area (Å²) < 4.78 is 26.7. The van der Waals surface area contributed by atoms with E-state index in [1.807, 2.05) is 0 Å². The zero-order chi connectivity index (χ0) is 15.4. The van der Waals surface area contributed by atoms with Crippen LogP contribution in [0, 0.1) is 11.6 Å². The Morgan fingerprint density at radius 1 is 1.24 bits per heavy atom. The molecule has 1 amide bonds. The normalized spacial score (nSPS) is 10.5. The molecule has 0 aliphatic heterocycles. The third-order valence-corrected chi connectivity index (χ3v) is 2.67. The van der Waals surface area contributed by atoms with Gasteiger partial charge in [0.15, 0.2) is 5.69 Å². The fourth-order valence-electron chi connectivity index (χ4n) is 1.91. The summed E-state index contributed by atoms with van der Waals surface area (Å²) in [4.78, 5) is 21.9. The van der Waals surface area contributed by atoms with Gasteiger partial charge in [-0.25, -0.2) is 18.6 Å². The number of anilines is 2. The quantitative estimate of drug-likeness (QED) is 0.875. The molecular formula is C14H14F2N3O2+. The number of pyridine rings is 1. The van der Waals surface area contributed by atoms with Crippen LogP contribution in [0.15, 0.2) is 36.5 Å². The van der Waals surface area contributed by atoms with Crippen molar-refractivity contribution in [3.8, 4) is 0 Å². The van der Waals surface area contributed by atoms with Gasteiger partial charge in [-0.1, -0.05) is 0 Å². The molecule has 1 aromatic carbocycles. The van der Waals surface area contributed by atoms with E-state index in [1.165, 1.54) is 25.7 Å². The molecule has 1 heterocycles. The zero-order valence-electron chi connectivity index (χ0n) is 11.5. The highest BCUT2D eigenvalue weighted by molar-refractivity contribution is 5.98. The summed E-state index contributed by atoms with van der Waals surface area (Å²) in [5.41, 5.74) is 2.21. The van der Waals surface area contributed by atoms with Crippen molar-refractivity contribution in [2.75, 3.05) is 12.0 Å². The van der Waals surface area contributed by atoms with Crippen LogP contribution >= 0.6 is 0 Å². The Labute approximate surface area is 120 Å². The van der Waals surface area contributed by atoms with Crippen molar-refractivity contribution in [2.24, 2.45) is 0 Å². The zero-order valence-corrected chi connectivity index (χ0v) is 11.5. The van der Waals surface area contributed by atoms with Gasteiger partial charge in [0.1, 0.15) is 17.5 Å². The van der Waals surface area contributed by atoms with Crippen LogP contribution in [0.5, 0.6) is 0 Å². The maximum absolute atomic E-state index is 13.3. The molecule has 0 atom stereocenters. The summed E-state index contributed by atoms with van der Waals surface area (Å²) >= 11 is 0. The number of quaternary nitrogens is 1. The second kappa shape index (κ2) is 6.38. The van der Waals surface area contributed by atoms with Gasteiger partial charge in [0.2, 0.25) is 5.91 Å². The average Bonchev–Trinajstić information content (AvgIpc) is 2.38. The summed E-state index contributed by atoms with van der Waals surface area (Å²) in [5, 5.41) is 0. The Hall–Kier alpha value is -2.38. The van der Waals surface area contributed by atoms with Crippen LogP contribution in [-0.4, -0.2) is 18.0 Å². The SMILES string of the molecule is CO[NH2+]c1ccnc(N(C(C)=O)c2cc(F)cc(F)c2)c1. The van der Waals surface area contributed by atoms with Crippen molar-refractivity contribution in [3.63, 3.8) is 0 Å². The van der Waals surface area contributed by atoms with E-state index in [1.54, 1.807) is 12.1 Å². The lowest BCUT2D eigenvalue weighted by molar-refractivity contribution is -0.830. The predicted molar refractivity (Wildman–Crippen MR) is 72.0 cm³/mol. The first-order valence-corrected chi connectivity index (χ1v) is 6.10. The number of rotatable bonds is 4. The van der Waals surface area contributed by atoms with E-state index in [2.05, 4.69) is 4.98 Å². The number of halogens is 2. The molecule has 5 nitrogen and oxygen atoms in total. The van der Waals surface area contributed by atoms with Crippen molar-refractivity contribution in [2.45, 2.75) is 6.92 Å². The Morgan fingerprint density at radius 3 is 2.48 bits per heavy atom. The smallest absolute Gasteiger partial charge is 0.229 e. The monoisotopic (exact) mass is 294 g/mol. The molecule has 0 radical (unpaired) electrons. The maximum Gasteiger partial charge on any atom is 0.229 e. The van der Waals surface area contributed by atoms with Crippen LogP contribution in [0.4, 0.5) is 26.0 Å². The van der Waals surface area contributed by atoms with Gasteiger partial charge < -0.3 is 0 Å². The maximum atomic E-state index is 13.3. The van der Waals surface area contributed by atoms with Gasteiger partial charge in [0.05, 0.1) is 12.8 Å². The predicted octanol–water partition coefficient (Wildman–Crippen LogP) is 1.80. The molecule has 2 aromatic rings. The van der Waals surface area contributed by atoms with E-state index < -0.39 is 17.5 Å². The van der Waals surface area contributed by atoms with E-state index in [4.69, 9.17) is 4.84 Å². The van der Waals surface area contributed by atoms with Gasteiger partial charge in [-0.05, 0) is 12.1 Å². The summed E-state index contributed by atoms with van der Waals surface area (Å²) in [7, 11) is 1.49. The molecule has 0 aliphatic rings. The highest BCUT2D eigenvalue weighted by atomic mass is 19.1.